The molecule has 6 heteroatoms. The number of ether oxygens (including phenoxy) is 2. The van der Waals surface area contributed by atoms with Crippen molar-refractivity contribution in [2.75, 3.05) is 27.8 Å². The van der Waals surface area contributed by atoms with Crippen LogP contribution >= 0.6 is 0 Å². The second-order valence-electron chi connectivity index (χ2n) is 4.49. The number of esters is 1. The molecular formula is C15H23N3O3. The summed E-state index contributed by atoms with van der Waals surface area (Å²) in [7, 11) is 4.71. The first kappa shape index (κ1) is 16.8. The van der Waals surface area contributed by atoms with Crippen LogP contribution in [-0.2, 0) is 16.1 Å². The molecule has 0 saturated heterocycles. The molecule has 1 aromatic carbocycles. The van der Waals surface area contributed by atoms with Crippen LogP contribution in [-0.4, -0.2) is 39.7 Å². The summed E-state index contributed by atoms with van der Waals surface area (Å²) in [5, 5.41) is 6.23. The molecule has 0 saturated carbocycles. The van der Waals surface area contributed by atoms with E-state index in [0.717, 1.165) is 16.9 Å². The molecule has 0 unspecified atom stereocenters. The third-order valence-electron chi connectivity index (χ3n) is 2.96. The highest BCUT2D eigenvalue weighted by Crippen LogP contribution is 2.19. The van der Waals surface area contributed by atoms with Crippen molar-refractivity contribution >= 4 is 11.9 Å². The summed E-state index contributed by atoms with van der Waals surface area (Å²) < 4.78 is 9.94. The zero-order valence-electron chi connectivity index (χ0n) is 13.0. The van der Waals surface area contributed by atoms with Gasteiger partial charge in [-0.15, -0.1) is 0 Å². The Balaban J connectivity index is 2.50. The maximum Gasteiger partial charge on any atom is 0.307 e. The predicted molar refractivity (Wildman–Crippen MR) is 82.6 cm³/mol. The van der Waals surface area contributed by atoms with Crippen molar-refractivity contribution in [1.82, 2.24) is 10.6 Å². The van der Waals surface area contributed by atoms with E-state index >= 15 is 0 Å². The summed E-state index contributed by atoms with van der Waals surface area (Å²) >= 11 is 0. The van der Waals surface area contributed by atoms with Crippen LogP contribution in [0.2, 0.25) is 0 Å². The first-order chi connectivity index (χ1) is 10.1. The summed E-state index contributed by atoms with van der Waals surface area (Å²) in [4.78, 5) is 15.1. The zero-order chi connectivity index (χ0) is 15.7. The summed E-state index contributed by atoms with van der Waals surface area (Å²) in [5.41, 5.74) is 2.19. The smallest absolute Gasteiger partial charge is 0.307 e. The molecule has 2 N–H and O–H groups in total. The van der Waals surface area contributed by atoms with Crippen LogP contribution in [0.4, 0.5) is 0 Å². The minimum absolute atomic E-state index is 0.252. The van der Waals surface area contributed by atoms with Crippen LogP contribution in [0.3, 0.4) is 0 Å². The van der Waals surface area contributed by atoms with Gasteiger partial charge in [0.25, 0.3) is 0 Å². The van der Waals surface area contributed by atoms with Gasteiger partial charge in [0.2, 0.25) is 0 Å². The Bertz CT molecular complexity index is 501. The van der Waals surface area contributed by atoms with Crippen LogP contribution in [0.1, 0.15) is 17.5 Å². The Hall–Kier alpha value is -2.24. The van der Waals surface area contributed by atoms with E-state index in [1.807, 2.05) is 25.1 Å². The lowest BCUT2D eigenvalue weighted by Gasteiger charge is -2.14. The second kappa shape index (κ2) is 8.84. The number of benzene rings is 1. The van der Waals surface area contributed by atoms with Gasteiger partial charge in [-0.25, -0.2) is 0 Å². The van der Waals surface area contributed by atoms with Crippen molar-refractivity contribution in [3.05, 3.63) is 29.3 Å². The largest absolute Gasteiger partial charge is 0.496 e. The van der Waals surface area contributed by atoms with Gasteiger partial charge >= 0.3 is 5.97 Å². The predicted octanol–water partition coefficient (Wildman–Crippen LogP) is 1.23. The SMILES string of the molecule is CN=C(NCCC(=O)OC)NCc1ccc(C)cc1OC. The second-order valence-corrected chi connectivity index (χ2v) is 4.49. The number of carbonyl (C=O) groups is 1. The number of guanidine groups is 1. The van der Waals surface area contributed by atoms with Crippen LogP contribution in [0.5, 0.6) is 5.75 Å². The molecule has 0 bridgehead atoms. The van der Waals surface area contributed by atoms with Crippen molar-refractivity contribution in [1.29, 1.82) is 0 Å². The fraction of sp³-hybridized carbons (Fsp3) is 0.467. The molecule has 0 aliphatic carbocycles. The van der Waals surface area contributed by atoms with E-state index in [2.05, 4.69) is 20.4 Å². The summed E-state index contributed by atoms with van der Waals surface area (Å²) in [6.07, 6.45) is 0.297. The van der Waals surface area contributed by atoms with Crippen molar-refractivity contribution in [3.63, 3.8) is 0 Å². The average Bonchev–Trinajstić information content (AvgIpc) is 2.51. The fourth-order valence-corrected chi connectivity index (χ4v) is 1.78. The van der Waals surface area contributed by atoms with Crippen molar-refractivity contribution in [3.8, 4) is 5.75 Å². The Kier molecular flexibility index (Phi) is 7.08. The fourth-order valence-electron chi connectivity index (χ4n) is 1.78. The molecular weight excluding hydrogens is 270 g/mol. The van der Waals surface area contributed by atoms with Gasteiger partial charge in [-0.05, 0) is 18.6 Å². The van der Waals surface area contributed by atoms with Gasteiger partial charge in [0.1, 0.15) is 5.75 Å². The number of methoxy groups -OCH3 is 2. The van der Waals surface area contributed by atoms with Crippen molar-refractivity contribution in [2.24, 2.45) is 4.99 Å². The Morgan fingerprint density at radius 1 is 1.29 bits per heavy atom. The molecule has 0 atom stereocenters. The van der Waals surface area contributed by atoms with Crippen molar-refractivity contribution in [2.45, 2.75) is 19.9 Å². The summed E-state index contributed by atoms with van der Waals surface area (Å²) in [5.74, 6) is 1.22. The Morgan fingerprint density at radius 2 is 2.05 bits per heavy atom. The molecule has 0 aliphatic heterocycles. The molecule has 116 valence electrons. The van der Waals surface area contributed by atoms with E-state index in [1.165, 1.54) is 7.11 Å². The lowest BCUT2D eigenvalue weighted by atomic mass is 10.1. The molecule has 0 aliphatic rings. The normalized spacial score (nSPS) is 11.0. The number of carbonyl (C=O) groups excluding carboxylic acids is 1. The Morgan fingerprint density at radius 3 is 2.67 bits per heavy atom. The monoisotopic (exact) mass is 293 g/mol. The zero-order valence-corrected chi connectivity index (χ0v) is 13.0. The minimum Gasteiger partial charge on any atom is -0.496 e. The molecule has 0 amide bonds. The van der Waals surface area contributed by atoms with E-state index in [-0.39, 0.29) is 5.97 Å². The standard InChI is InChI=1S/C15H23N3O3/c1-11-5-6-12(13(9-11)20-3)10-18-15(16-2)17-8-7-14(19)21-4/h5-6,9H,7-8,10H2,1-4H3,(H2,16,17,18). The lowest BCUT2D eigenvalue weighted by Crippen LogP contribution is -2.38. The molecule has 6 nitrogen and oxygen atoms in total. The number of hydrogen-bond donors (Lipinski definition) is 2. The third-order valence-corrected chi connectivity index (χ3v) is 2.96. The van der Waals surface area contributed by atoms with Gasteiger partial charge in [-0.2, -0.15) is 0 Å². The Labute approximate surface area is 125 Å². The number of aliphatic imine (C=N–C) groups is 1. The van der Waals surface area contributed by atoms with Crippen LogP contribution < -0.4 is 15.4 Å². The van der Waals surface area contributed by atoms with Crippen LogP contribution in [0.15, 0.2) is 23.2 Å². The van der Waals surface area contributed by atoms with Gasteiger partial charge in [0, 0.05) is 25.7 Å². The average molecular weight is 293 g/mol. The van der Waals surface area contributed by atoms with Gasteiger partial charge < -0.3 is 20.1 Å². The molecule has 0 heterocycles. The quantitative estimate of drug-likeness (QED) is 0.469. The van der Waals surface area contributed by atoms with Crippen LogP contribution in [0.25, 0.3) is 0 Å². The molecule has 21 heavy (non-hydrogen) atoms. The number of nitrogens with zero attached hydrogens (tertiary/aromatic N) is 1. The lowest BCUT2D eigenvalue weighted by molar-refractivity contribution is -0.140. The first-order valence-electron chi connectivity index (χ1n) is 6.75. The maximum atomic E-state index is 11.0. The minimum atomic E-state index is -0.252. The molecule has 0 fully saturated rings. The van der Waals surface area contributed by atoms with E-state index < -0.39 is 0 Å². The molecule has 0 aromatic heterocycles. The highest BCUT2D eigenvalue weighted by atomic mass is 16.5. The van der Waals surface area contributed by atoms with Gasteiger partial charge in [0.15, 0.2) is 5.96 Å². The highest BCUT2D eigenvalue weighted by molar-refractivity contribution is 5.80. The van der Waals surface area contributed by atoms with Gasteiger partial charge in [0.05, 0.1) is 20.6 Å². The molecule has 1 rings (SSSR count). The van der Waals surface area contributed by atoms with E-state index in [0.29, 0.717) is 25.5 Å². The van der Waals surface area contributed by atoms with E-state index in [9.17, 15) is 4.79 Å². The maximum absolute atomic E-state index is 11.0. The molecule has 0 radical (unpaired) electrons. The van der Waals surface area contributed by atoms with E-state index in [1.54, 1.807) is 14.2 Å². The first-order valence-corrected chi connectivity index (χ1v) is 6.75. The topological polar surface area (TPSA) is 72.0 Å². The van der Waals surface area contributed by atoms with Crippen molar-refractivity contribution < 1.29 is 14.3 Å². The van der Waals surface area contributed by atoms with Gasteiger partial charge in [-0.3, -0.25) is 9.79 Å². The van der Waals surface area contributed by atoms with Gasteiger partial charge in [-0.1, -0.05) is 12.1 Å². The summed E-state index contributed by atoms with van der Waals surface area (Å²) in [6, 6.07) is 6.04. The molecule has 1 aromatic rings. The number of hydrogen-bond acceptors (Lipinski definition) is 4. The van der Waals surface area contributed by atoms with E-state index in [4.69, 9.17) is 4.74 Å². The number of aryl methyl sites for hydroxylation is 1. The van der Waals surface area contributed by atoms with Crippen LogP contribution in [0, 0.1) is 6.92 Å². The third kappa shape index (κ3) is 5.72. The number of rotatable bonds is 6. The molecule has 0 spiro atoms. The highest BCUT2D eigenvalue weighted by Gasteiger charge is 2.05. The summed E-state index contributed by atoms with van der Waals surface area (Å²) in [6.45, 7) is 3.08. The number of nitrogens with one attached hydrogen (secondary N) is 2.